The van der Waals surface area contributed by atoms with Crippen LogP contribution in [0.4, 0.5) is 0 Å². The maximum absolute atomic E-state index is 11.7. The van der Waals surface area contributed by atoms with Crippen LogP contribution in [0.3, 0.4) is 0 Å². The fraction of sp³-hybridized carbons (Fsp3) is 0.533. The van der Waals surface area contributed by atoms with Crippen LogP contribution in [-0.2, 0) is 4.79 Å². The second kappa shape index (κ2) is 6.57. The average molecular weight is 262 g/mol. The lowest BCUT2D eigenvalue weighted by Gasteiger charge is -2.13. The molecule has 2 N–H and O–H groups in total. The molecule has 4 nitrogen and oxygen atoms in total. The predicted octanol–water partition coefficient (Wildman–Crippen LogP) is 1.55. The number of ether oxygens (including phenoxy) is 1. The molecule has 1 heterocycles. The quantitative estimate of drug-likeness (QED) is 0.792. The van der Waals surface area contributed by atoms with Crippen LogP contribution in [0.15, 0.2) is 18.2 Å². The first kappa shape index (κ1) is 13.9. The van der Waals surface area contributed by atoms with Crippen molar-refractivity contribution in [2.24, 2.45) is 0 Å². The van der Waals surface area contributed by atoms with E-state index in [0.29, 0.717) is 13.2 Å². The van der Waals surface area contributed by atoms with Gasteiger partial charge < -0.3 is 15.4 Å². The van der Waals surface area contributed by atoms with Crippen molar-refractivity contribution in [2.75, 3.05) is 19.7 Å². The molecule has 0 unspecified atom stereocenters. The van der Waals surface area contributed by atoms with E-state index in [4.69, 9.17) is 4.74 Å². The smallest absolute Gasteiger partial charge is 0.237 e. The molecule has 1 amide bonds. The van der Waals surface area contributed by atoms with E-state index >= 15 is 0 Å². The number of amides is 1. The number of hydrogen-bond acceptors (Lipinski definition) is 3. The first-order valence-electron chi connectivity index (χ1n) is 6.88. The van der Waals surface area contributed by atoms with Crippen LogP contribution in [-0.4, -0.2) is 31.6 Å². The summed E-state index contributed by atoms with van der Waals surface area (Å²) in [5, 5.41) is 6.08. The zero-order valence-corrected chi connectivity index (χ0v) is 11.7. The Morgan fingerprint density at radius 3 is 3.05 bits per heavy atom. The Balaban J connectivity index is 1.71. The van der Waals surface area contributed by atoms with E-state index in [-0.39, 0.29) is 11.9 Å². The topological polar surface area (TPSA) is 50.4 Å². The van der Waals surface area contributed by atoms with Crippen molar-refractivity contribution in [3.05, 3.63) is 29.3 Å². The highest BCUT2D eigenvalue weighted by atomic mass is 16.5. The molecule has 19 heavy (non-hydrogen) atoms. The lowest BCUT2D eigenvalue weighted by molar-refractivity contribution is -0.122. The molecule has 1 fully saturated rings. The van der Waals surface area contributed by atoms with Crippen LogP contribution in [0.25, 0.3) is 0 Å². The van der Waals surface area contributed by atoms with E-state index < -0.39 is 0 Å². The number of hydrogen-bond donors (Lipinski definition) is 2. The minimum atomic E-state index is -0.0132. The highest BCUT2D eigenvalue weighted by molar-refractivity contribution is 5.81. The molecule has 104 valence electrons. The molecular formula is C15H22N2O2. The molecule has 1 aromatic carbocycles. The summed E-state index contributed by atoms with van der Waals surface area (Å²) < 4.78 is 5.70. The van der Waals surface area contributed by atoms with E-state index in [9.17, 15) is 4.79 Å². The molecular weight excluding hydrogens is 240 g/mol. The number of benzene rings is 1. The van der Waals surface area contributed by atoms with E-state index in [0.717, 1.165) is 30.7 Å². The van der Waals surface area contributed by atoms with Gasteiger partial charge >= 0.3 is 0 Å². The fourth-order valence-electron chi connectivity index (χ4n) is 2.23. The average Bonchev–Trinajstić information content (AvgIpc) is 2.92. The Morgan fingerprint density at radius 2 is 2.32 bits per heavy atom. The monoisotopic (exact) mass is 262 g/mol. The van der Waals surface area contributed by atoms with Gasteiger partial charge in [-0.05, 0) is 50.4 Å². The van der Waals surface area contributed by atoms with Gasteiger partial charge in [-0.15, -0.1) is 0 Å². The van der Waals surface area contributed by atoms with Gasteiger partial charge in [0.15, 0.2) is 0 Å². The van der Waals surface area contributed by atoms with E-state index in [1.807, 2.05) is 26.0 Å². The van der Waals surface area contributed by atoms with Gasteiger partial charge in [-0.25, -0.2) is 0 Å². The van der Waals surface area contributed by atoms with Crippen LogP contribution in [0.5, 0.6) is 5.75 Å². The lowest BCUT2D eigenvalue weighted by Crippen LogP contribution is -2.41. The van der Waals surface area contributed by atoms with E-state index in [1.54, 1.807) is 0 Å². The number of aryl methyl sites for hydroxylation is 2. The Labute approximate surface area is 114 Å². The first-order valence-corrected chi connectivity index (χ1v) is 6.88. The SMILES string of the molecule is Cc1ccc(C)c(OCCNC(=O)[C@@H]2CCCN2)c1. The molecule has 1 saturated heterocycles. The van der Waals surface area contributed by atoms with Crippen molar-refractivity contribution in [1.29, 1.82) is 0 Å². The zero-order valence-electron chi connectivity index (χ0n) is 11.7. The molecule has 1 aromatic rings. The Hall–Kier alpha value is -1.55. The molecule has 0 radical (unpaired) electrons. The molecule has 0 saturated carbocycles. The van der Waals surface area contributed by atoms with Gasteiger partial charge in [-0.3, -0.25) is 4.79 Å². The first-order chi connectivity index (χ1) is 9.16. The third kappa shape index (κ3) is 3.96. The summed E-state index contributed by atoms with van der Waals surface area (Å²) in [7, 11) is 0. The summed E-state index contributed by atoms with van der Waals surface area (Å²) in [6.07, 6.45) is 2.01. The van der Waals surface area contributed by atoms with Gasteiger partial charge in [0, 0.05) is 0 Å². The molecule has 1 aliphatic heterocycles. The van der Waals surface area contributed by atoms with Gasteiger partial charge in [0.1, 0.15) is 12.4 Å². The van der Waals surface area contributed by atoms with Crippen LogP contribution in [0.1, 0.15) is 24.0 Å². The van der Waals surface area contributed by atoms with Crippen molar-refractivity contribution in [3.8, 4) is 5.75 Å². The minimum absolute atomic E-state index is 0.0132. The summed E-state index contributed by atoms with van der Waals surface area (Å²) in [5.74, 6) is 0.982. The highest BCUT2D eigenvalue weighted by Gasteiger charge is 2.21. The summed E-state index contributed by atoms with van der Waals surface area (Å²) in [4.78, 5) is 11.7. The number of carbonyl (C=O) groups is 1. The number of rotatable bonds is 5. The van der Waals surface area contributed by atoms with Crippen molar-refractivity contribution in [1.82, 2.24) is 10.6 Å². The minimum Gasteiger partial charge on any atom is -0.491 e. The molecule has 0 spiro atoms. The highest BCUT2D eigenvalue weighted by Crippen LogP contribution is 2.18. The maximum atomic E-state index is 11.7. The van der Waals surface area contributed by atoms with Crippen molar-refractivity contribution in [2.45, 2.75) is 32.7 Å². The van der Waals surface area contributed by atoms with Crippen LogP contribution in [0, 0.1) is 13.8 Å². The van der Waals surface area contributed by atoms with Crippen LogP contribution >= 0.6 is 0 Å². The Bertz CT molecular complexity index is 440. The third-order valence-electron chi connectivity index (χ3n) is 3.38. The van der Waals surface area contributed by atoms with Gasteiger partial charge in [0.05, 0.1) is 12.6 Å². The number of nitrogens with one attached hydrogen (secondary N) is 2. The Kier molecular flexibility index (Phi) is 4.80. The van der Waals surface area contributed by atoms with Crippen molar-refractivity contribution in [3.63, 3.8) is 0 Å². The molecule has 0 aromatic heterocycles. The van der Waals surface area contributed by atoms with E-state index in [2.05, 4.69) is 16.7 Å². The van der Waals surface area contributed by atoms with Crippen molar-refractivity contribution < 1.29 is 9.53 Å². The zero-order chi connectivity index (χ0) is 13.7. The van der Waals surface area contributed by atoms with Crippen LogP contribution in [0.2, 0.25) is 0 Å². The van der Waals surface area contributed by atoms with Gasteiger partial charge in [0.25, 0.3) is 0 Å². The normalized spacial score (nSPS) is 18.3. The second-order valence-electron chi connectivity index (χ2n) is 5.06. The Morgan fingerprint density at radius 1 is 1.47 bits per heavy atom. The van der Waals surface area contributed by atoms with Gasteiger partial charge in [0.2, 0.25) is 5.91 Å². The molecule has 1 atom stereocenters. The largest absolute Gasteiger partial charge is 0.491 e. The third-order valence-corrected chi connectivity index (χ3v) is 3.38. The van der Waals surface area contributed by atoms with E-state index in [1.165, 1.54) is 5.56 Å². The standard InChI is InChI=1S/C15H22N2O2/c1-11-5-6-12(2)14(10-11)19-9-8-17-15(18)13-4-3-7-16-13/h5-6,10,13,16H,3-4,7-9H2,1-2H3,(H,17,18)/t13-/m0/s1. The molecule has 1 aliphatic rings. The summed E-state index contributed by atoms with van der Waals surface area (Å²) in [6, 6.07) is 6.12. The lowest BCUT2D eigenvalue weighted by atomic mass is 10.1. The van der Waals surface area contributed by atoms with Gasteiger partial charge in [-0.1, -0.05) is 12.1 Å². The molecule has 2 rings (SSSR count). The summed E-state index contributed by atoms with van der Waals surface area (Å²) in [6.45, 7) is 6.06. The molecule has 0 bridgehead atoms. The number of carbonyl (C=O) groups excluding carboxylic acids is 1. The van der Waals surface area contributed by atoms with Gasteiger partial charge in [-0.2, -0.15) is 0 Å². The summed E-state index contributed by atoms with van der Waals surface area (Å²) >= 11 is 0. The van der Waals surface area contributed by atoms with Crippen molar-refractivity contribution >= 4 is 5.91 Å². The summed E-state index contributed by atoms with van der Waals surface area (Å²) in [5.41, 5.74) is 2.30. The molecule has 4 heteroatoms. The maximum Gasteiger partial charge on any atom is 0.237 e. The van der Waals surface area contributed by atoms with Crippen LogP contribution < -0.4 is 15.4 Å². The molecule has 0 aliphatic carbocycles. The fourth-order valence-corrected chi connectivity index (χ4v) is 2.23. The predicted molar refractivity (Wildman–Crippen MR) is 75.4 cm³/mol. The second-order valence-corrected chi connectivity index (χ2v) is 5.06.